The van der Waals surface area contributed by atoms with Crippen LogP contribution in [0.25, 0.3) is 6.08 Å². The molecule has 0 aromatic heterocycles. The van der Waals surface area contributed by atoms with E-state index in [1.807, 2.05) is 12.1 Å². The minimum Gasteiger partial charge on any atom is -0.496 e. The molecule has 1 amide bonds. The molecule has 1 heterocycles. The van der Waals surface area contributed by atoms with Crippen molar-refractivity contribution in [1.29, 1.82) is 0 Å². The summed E-state index contributed by atoms with van der Waals surface area (Å²) in [7, 11) is 3.67. The van der Waals surface area contributed by atoms with Crippen molar-refractivity contribution in [3.05, 3.63) is 71.8 Å². The molecule has 3 aromatic carbocycles. The fraction of sp³-hybridized carbons (Fsp3) is 0.323. The highest BCUT2D eigenvalue weighted by Crippen LogP contribution is 2.44. The number of likely N-dealkylation sites (N-methyl/N-ethyl adjacent to an activating group) is 1. The van der Waals surface area contributed by atoms with Crippen molar-refractivity contribution in [1.82, 2.24) is 4.90 Å². The molecule has 224 valence electrons. The van der Waals surface area contributed by atoms with Crippen molar-refractivity contribution in [2.75, 3.05) is 71.9 Å². The van der Waals surface area contributed by atoms with Crippen molar-refractivity contribution in [2.45, 2.75) is 10.6 Å². The van der Waals surface area contributed by atoms with Gasteiger partial charge in [0.2, 0.25) is 0 Å². The maximum Gasteiger partial charge on any atom is 0.255 e. The van der Waals surface area contributed by atoms with Crippen LogP contribution in [-0.4, -0.2) is 80.9 Å². The van der Waals surface area contributed by atoms with Gasteiger partial charge in [0.1, 0.15) is 17.2 Å². The van der Waals surface area contributed by atoms with E-state index < -0.39 is 15.6 Å². The quantitative estimate of drug-likeness (QED) is 0.346. The number of carbonyl (C=O) groups excluding carboxylic acids is 1. The largest absolute Gasteiger partial charge is 0.496 e. The first-order chi connectivity index (χ1) is 20.2. The molecular weight excluding hydrogens is 558 g/mol. The van der Waals surface area contributed by atoms with Crippen LogP contribution in [-0.2, 0) is 15.6 Å². The number of hydrogen-bond acceptors (Lipinski definition) is 9. The number of ether oxygens (including phenoxy) is 4. The summed E-state index contributed by atoms with van der Waals surface area (Å²) in [5, 5.41) is 2.87. The highest BCUT2D eigenvalue weighted by molar-refractivity contribution is 7.90. The molecule has 0 spiro atoms. The molecule has 1 N–H and O–H groups in total. The highest BCUT2D eigenvalue weighted by Gasteiger charge is 2.31. The summed E-state index contributed by atoms with van der Waals surface area (Å²) >= 11 is 0. The van der Waals surface area contributed by atoms with Crippen molar-refractivity contribution >= 4 is 33.2 Å². The summed E-state index contributed by atoms with van der Waals surface area (Å²) in [4.78, 5) is 17.6. The Kier molecular flexibility index (Phi) is 9.64. The van der Waals surface area contributed by atoms with Gasteiger partial charge in [0.25, 0.3) is 5.91 Å². The summed E-state index contributed by atoms with van der Waals surface area (Å²) < 4.78 is 49.6. The van der Waals surface area contributed by atoms with Gasteiger partial charge < -0.3 is 34.1 Å². The summed E-state index contributed by atoms with van der Waals surface area (Å²) in [5.41, 5.74) is 2.61. The average molecular weight is 596 g/mol. The second kappa shape index (κ2) is 13.2. The lowest BCUT2D eigenvalue weighted by atomic mass is 10.1. The number of hydrogen-bond donors (Lipinski definition) is 1. The van der Waals surface area contributed by atoms with E-state index in [0.29, 0.717) is 28.1 Å². The van der Waals surface area contributed by atoms with E-state index in [1.54, 1.807) is 30.3 Å². The fourth-order valence-corrected chi connectivity index (χ4v) is 6.72. The molecule has 0 saturated carbocycles. The molecule has 4 rings (SSSR count). The number of nitrogens with zero attached hydrogens (tertiary/aromatic N) is 2. The minimum absolute atomic E-state index is 0.0599. The molecule has 0 radical (unpaired) electrons. The Morgan fingerprint density at radius 1 is 0.905 bits per heavy atom. The number of anilines is 2. The SMILES string of the molecule is C=Cc1c(OC)cc(OC)c(S(=O)(=O)Cc2cccc(NC(=O)c3ccc(N4CCN(C)CC4)cc3)c2OC)c1OC. The van der Waals surface area contributed by atoms with Gasteiger partial charge in [0.05, 0.1) is 45.4 Å². The highest BCUT2D eigenvalue weighted by atomic mass is 32.2. The molecule has 0 bridgehead atoms. The Hall–Kier alpha value is -4.22. The van der Waals surface area contributed by atoms with Gasteiger partial charge >= 0.3 is 0 Å². The van der Waals surface area contributed by atoms with E-state index in [-0.39, 0.29) is 28.1 Å². The third-order valence-corrected chi connectivity index (χ3v) is 8.95. The number of piperazine rings is 1. The predicted molar refractivity (Wildman–Crippen MR) is 164 cm³/mol. The Bertz CT molecular complexity index is 1550. The molecule has 10 nitrogen and oxygen atoms in total. The van der Waals surface area contributed by atoms with Crippen LogP contribution in [0.4, 0.5) is 11.4 Å². The molecule has 1 saturated heterocycles. The smallest absolute Gasteiger partial charge is 0.255 e. The standard InChI is InChI=1S/C31H37N3O7S/c1-7-24-26(38-3)19-27(39-4)30(29(24)41-6)42(36,37)20-22-9-8-10-25(28(22)40-5)32-31(35)21-11-13-23(14-12-21)34-17-15-33(2)16-18-34/h7-14,19H,1,15-18,20H2,2-6H3,(H,32,35). The first kappa shape index (κ1) is 30.7. The summed E-state index contributed by atoms with van der Waals surface area (Å²) in [6.45, 7) is 7.61. The second-order valence-corrected chi connectivity index (χ2v) is 11.7. The molecule has 1 aliphatic rings. The Balaban J connectivity index is 1.61. The van der Waals surface area contributed by atoms with Crippen molar-refractivity contribution < 1.29 is 32.2 Å². The Morgan fingerprint density at radius 2 is 1.55 bits per heavy atom. The average Bonchev–Trinajstić information content (AvgIpc) is 3.00. The fourth-order valence-electron chi connectivity index (χ4n) is 5.02. The van der Waals surface area contributed by atoms with E-state index >= 15 is 0 Å². The van der Waals surface area contributed by atoms with E-state index in [0.717, 1.165) is 31.9 Å². The van der Waals surface area contributed by atoms with Gasteiger partial charge in [-0.25, -0.2) is 8.42 Å². The summed E-state index contributed by atoms with van der Waals surface area (Å²) in [5.74, 6) is -0.0694. The van der Waals surface area contributed by atoms with Gasteiger partial charge in [0.15, 0.2) is 20.5 Å². The molecule has 3 aromatic rings. The lowest BCUT2D eigenvalue weighted by molar-refractivity contribution is 0.102. The van der Waals surface area contributed by atoms with Crippen LogP contribution in [0.15, 0.2) is 60.0 Å². The van der Waals surface area contributed by atoms with Crippen LogP contribution in [0, 0.1) is 0 Å². The molecule has 11 heteroatoms. The first-order valence-corrected chi connectivity index (χ1v) is 15.0. The number of nitrogens with one attached hydrogen (secondary N) is 1. The van der Waals surface area contributed by atoms with Gasteiger partial charge in [-0.15, -0.1) is 0 Å². The van der Waals surface area contributed by atoms with E-state index in [1.165, 1.54) is 40.6 Å². The molecule has 0 aliphatic carbocycles. The minimum atomic E-state index is -4.06. The summed E-state index contributed by atoms with van der Waals surface area (Å²) in [6, 6.07) is 13.9. The number of para-hydroxylation sites is 1. The van der Waals surface area contributed by atoms with E-state index in [2.05, 4.69) is 28.7 Å². The molecule has 1 aliphatic heterocycles. The van der Waals surface area contributed by atoms with Gasteiger partial charge in [-0.1, -0.05) is 24.8 Å². The first-order valence-electron chi connectivity index (χ1n) is 13.4. The van der Waals surface area contributed by atoms with Crippen LogP contribution in [0.1, 0.15) is 21.5 Å². The van der Waals surface area contributed by atoms with Crippen molar-refractivity contribution in [2.24, 2.45) is 0 Å². The van der Waals surface area contributed by atoms with Crippen molar-refractivity contribution in [3.63, 3.8) is 0 Å². The van der Waals surface area contributed by atoms with E-state index in [9.17, 15) is 13.2 Å². The van der Waals surface area contributed by atoms with Crippen molar-refractivity contribution in [3.8, 4) is 23.0 Å². The number of rotatable bonds is 11. The van der Waals surface area contributed by atoms with Crippen LogP contribution < -0.4 is 29.2 Å². The number of amides is 1. The van der Waals surface area contributed by atoms with E-state index in [4.69, 9.17) is 18.9 Å². The zero-order valence-electron chi connectivity index (χ0n) is 24.6. The number of benzene rings is 3. The second-order valence-electron chi connectivity index (χ2n) is 9.81. The predicted octanol–water partition coefficient (Wildman–Crippen LogP) is 4.34. The zero-order chi connectivity index (χ0) is 30.4. The van der Waals surface area contributed by atoms with Gasteiger partial charge in [0, 0.05) is 49.1 Å². The van der Waals surface area contributed by atoms with Crippen LogP contribution in [0.5, 0.6) is 23.0 Å². The lowest BCUT2D eigenvalue weighted by Crippen LogP contribution is -2.44. The van der Waals surface area contributed by atoms with Gasteiger partial charge in [-0.05, 0) is 37.4 Å². The third kappa shape index (κ3) is 6.32. The van der Waals surface area contributed by atoms with Crippen LogP contribution in [0.2, 0.25) is 0 Å². The summed E-state index contributed by atoms with van der Waals surface area (Å²) in [6.07, 6.45) is 1.46. The molecule has 0 unspecified atom stereocenters. The van der Waals surface area contributed by atoms with Crippen LogP contribution in [0.3, 0.4) is 0 Å². The third-order valence-electron chi connectivity index (χ3n) is 7.25. The maximum atomic E-state index is 13.8. The molecule has 42 heavy (non-hydrogen) atoms. The van der Waals surface area contributed by atoms with Gasteiger partial charge in [-0.3, -0.25) is 4.79 Å². The van der Waals surface area contributed by atoms with Crippen LogP contribution >= 0.6 is 0 Å². The topological polar surface area (TPSA) is 107 Å². The number of carbonyl (C=O) groups is 1. The normalized spacial score (nSPS) is 13.8. The Labute approximate surface area is 247 Å². The molecule has 1 fully saturated rings. The number of methoxy groups -OCH3 is 4. The zero-order valence-corrected chi connectivity index (χ0v) is 25.4. The van der Waals surface area contributed by atoms with Gasteiger partial charge in [-0.2, -0.15) is 0 Å². The maximum absolute atomic E-state index is 13.8. The number of sulfone groups is 1. The molecular formula is C31H37N3O7S. The lowest BCUT2D eigenvalue weighted by Gasteiger charge is -2.34. The molecule has 0 atom stereocenters. The Morgan fingerprint density at radius 3 is 2.12 bits per heavy atom. The monoisotopic (exact) mass is 595 g/mol.